The van der Waals surface area contributed by atoms with E-state index in [2.05, 4.69) is 9.88 Å². The minimum Gasteiger partial charge on any atom is -0.371 e. The zero-order valence-electron chi connectivity index (χ0n) is 17.9. The van der Waals surface area contributed by atoms with E-state index < -0.39 is 18.7 Å². The van der Waals surface area contributed by atoms with Crippen LogP contribution in [0.15, 0.2) is 39.9 Å². The summed E-state index contributed by atoms with van der Waals surface area (Å²) in [5.41, 5.74) is 0.532. The van der Waals surface area contributed by atoms with E-state index >= 15 is 0 Å². The van der Waals surface area contributed by atoms with Gasteiger partial charge in [0.05, 0.1) is 24.2 Å². The molecule has 0 radical (unpaired) electrons. The fraction of sp³-hybridized carbons (Fsp3) is 0.455. The average molecular weight is 445 g/mol. The Morgan fingerprint density at radius 1 is 1.00 bits per heavy atom. The average Bonchev–Trinajstić information content (AvgIpc) is 2.77. The largest absolute Gasteiger partial charge is 0.371 e. The van der Waals surface area contributed by atoms with E-state index in [-0.39, 0.29) is 19.5 Å². The quantitative estimate of drug-likeness (QED) is 0.335. The molecule has 1 fully saturated rings. The zero-order chi connectivity index (χ0) is 22.0. The van der Waals surface area contributed by atoms with Gasteiger partial charge >= 0.3 is 18.7 Å². The van der Waals surface area contributed by atoms with Crippen molar-refractivity contribution in [3.63, 3.8) is 0 Å². The monoisotopic (exact) mass is 445 g/mol. The standard InChI is InChI=1S/C22H28N3O5P/c1-3-29-31(28,30-4-2)15-25-19-14-18(24-12-8-5-9-13-24)16-10-6-7-11-17(16)20(19)23-21(26)22(25)27/h6-7,10-11,14H,3-5,8-9,12-13,15H2,1-2H3,(H,23,26). The minimum absolute atomic E-state index is 0.176. The first-order chi connectivity index (χ1) is 15.0. The highest BCUT2D eigenvalue weighted by Gasteiger charge is 2.27. The molecule has 0 amide bonds. The molecule has 1 aliphatic heterocycles. The van der Waals surface area contributed by atoms with Crippen LogP contribution in [0.4, 0.5) is 5.69 Å². The van der Waals surface area contributed by atoms with Crippen molar-refractivity contribution in [1.82, 2.24) is 9.55 Å². The van der Waals surface area contributed by atoms with Crippen molar-refractivity contribution in [2.75, 3.05) is 31.2 Å². The van der Waals surface area contributed by atoms with Crippen LogP contribution in [0.1, 0.15) is 33.1 Å². The smallest absolute Gasteiger partial charge is 0.350 e. The third kappa shape index (κ3) is 4.20. The summed E-state index contributed by atoms with van der Waals surface area (Å²) >= 11 is 0. The number of nitrogens with one attached hydrogen (secondary N) is 1. The molecule has 1 saturated heterocycles. The number of hydrogen-bond acceptors (Lipinski definition) is 6. The van der Waals surface area contributed by atoms with Gasteiger partial charge in [-0.3, -0.25) is 18.7 Å². The summed E-state index contributed by atoms with van der Waals surface area (Å²) in [5, 5.41) is 1.85. The number of benzene rings is 2. The summed E-state index contributed by atoms with van der Waals surface area (Å²) < 4.78 is 25.3. The number of nitrogens with zero attached hydrogens (tertiary/aromatic N) is 2. The Labute approximate surface area is 180 Å². The lowest BCUT2D eigenvalue weighted by Crippen LogP contribution is -2.37. The van der Waals surface area contributed by atoms with E-state index in [4.69, 9.17) is 9.05 Å². The van der Waals surface area contributed by atoms with Crippen LogP contribution in [-0.2, 0) is 19.9 Å². The maximum absolute atomic E-state index is 13.2. The highest BCUT2D eigenvalue weighted by atomic mass is 31.2. The summed E-state index contributed by atoms with van der Waals surface area (Å²) in [4.78, 5) is 30.4. The first-order valence-electron chi connectivity index (χ1n) is 10.8. The molecule has 4 rings (SSSR count). The number of piperidine rings is 1. The van der Waals surface area contributed by atoms with E-state index in [0.717, 1.165) is 42.4 Å². The molecule has 2 heterocycles. The number of rotatable bonds is 7. The summed E-state index contributed by atoms with van der Waals surface area (Å²) in [6.45, 7) is 5.64. The third-order valence-corrected chi connectivity index (χ3v) is 7.57. The fourth-order valence-corrected chi connectivity index (χ4v) is 5.96. The van der Waals surface area contributed by atoms with Crippen molar-refractivity contribution < 1.29 is 13.6 Å². The molecule has 1 aliphatic rings. The number of aromatic nitrogens is 2. The van der Waals surface area contributed by atoms with Gasteiger partial charge in [0.2, 0.25) is 0 Å². The Balaban J connectivity index is 2.01. The van der Waals surface area contributed by atoms with Crippen molar-refractivity contribution in [2.45, 2.75) is 39.4 Å². The molecule has 3 aromatic rings. The Kier molecular flexibility index (Phi) is 6.32. The van der Waals surface area contributed by atoms with Crippen LogP contribution in [0, 0.1) is 0 Å². The normalized spacial score (nSPS) is 15.1. The van der Waals surface area contributed by atoms with E-state index in [0.29, 0.717) is 11.0 Å². The van der Waals surface area contributed by atoms with Gasteiger partial charge in [-0.25, -0.2) is 0 Å². The van der Waals surface area contributed by atoms with Gasteiger partial charge in [0, 0.05) is 29.5 Å². The summed E-state index contributed by atoms with van der Waals surface area (Å²) in [5.74, 6) is 0. The van der Waals surface area contributed by atoms with Crippen molar-refractivity contribution in [2.24, 2.45) is 0 Å². The lowest BCUT2D eigenvalue weighted by molar-refractivity contribution is 0.214. The Morgan fingerprint density at radius 3 is 2.29 bits per heavy atom. The van der Waals surface area contributed by atoms with Crippen LogP contribution in [0.3, 0.4) is 0 Å². The summed E-state index contributed by atoms with van der Waals surface area (Å²) in [7, 11) is -3.60. The highest BCUT2D eigenvalue weighted by Crippen LogP contribution is 2.50. The van der Waals surface area contributed by atoms with Crippen LogP contribution in [0.2, 0.25) is 0 Å². The number of H-pyrrole nitrogens is 1. The molecular formula is C22H28N3O5P. The Morgan fingerprint density at radius 2 is 1.65 bits per heavy atom. The van der Waals surface area contributed by atoms with Gasteiger partial charge in [-0.1, -0.05) is 24.3 Å². The van der Waals surface area contributed by atoms with Crippen LogP contribution in [0.5, 0.6) is 0 Å². The molecule has 31 heavy (non-hydrogen) atoms. The van der Waals surface area contributed by atoms with Crippen LogP contribution in [0.25, 0.3) is 21.8 Å². The summed E-state index contributed by atoms with van der Waals surface area (Å²) in [6.07, 6.45) is 3.10. The van der Waals surface area contributed by atoms with Crippen molar-refractivity contribution in [3.05, 3.63) is 51.0 Å². The van der Waals surface area contributed by atoms with Crippen LogP contribution >= 0.6 is 7.60 Å². The summed E-state index contributed by atoms with van der Waals surface area (Å²) in [6, 6.07) is 9.75. The lowest BCUT2D eigenvalue weighted by atomic mass is 10.0. The van der Waals surface area contributed by atoms with Gasteiger partial charge < -0.3 is 18.9 Å². The molecular weight excluding hydrogens is 417 g/mol. The van der Waals surface area contributed by atoms with Gasteiger partial charge in [0.1, 0.15) is 6.29 Å². The maximum Gasteiger partial charge on any atom is 0.350 e. The van der Waals surface area contributed by atoms with Gasteiger partial charge in [-0.2, -0.15) is 0 Å². The van der Waals surface area contributed by atoms with E-state index in [1.807, 2.05) is 30.3 Å². The predicted octanol–water partition coefficient (Wildman–Crippen LogP) is 4.06. The van der Waals surface area contributed by atoms with E-state index in [1.165, 1.54) is 11.0 Å². The molecule has 2 aromatic carbocycles. The lowest BCUT2D eigenvalue weighted by Gasteiger charge is -2.30. The first kappa shape index (κ1) is 21.8. The maximum atomic E-state index is 13.2. The van der Waals surface area contributed by atoms with Gasteiger partial charge in [-0.15, -0.1) is 0 Å². The highest BCUT2D eigenvalue weighted by molar-refractivity contribution is 7.52. The van der Waals surface area contributed by atoms with Crippen LogP contribution in [-0.4, -0.2) is 35.9 Å². The second-order valence-electron chi connectivity index (χ2n) is 7.66. The molecule has 8 nitrogen and oxygen atoms in total. The van der Waals surface area contributed by atoms with Gasteiger partial charge in [-0.05, 0) is 39.2 Å². The molecule has 0 saturated carbocycles. The number of anilines is 1. The third-order valence-electron chi connectivity index (χ3n) is 5.63. The Hall–Kier alpha value is -2.41. The predicted molar refractivity (Wildman–Crippen MR) is 123 cm³/mol. The zero-order valence-corrected chi connectivity index (χ0v) is 18.8. The fourth-order valence-electron chi connectivity index (χ4n) is 4.31. The molecule has 1 N–H and O–H groups in total. The second-order valence-corrected chi connectivity index (χ2v) is 9.68. The molecule has 0 unspecified atom stereocenters. The van der Waals surface area contributed by atoms with Gasteiger partial charge in [0.25, 0.3) is 0 Å². The molecule has 1 aromatic heterocycles. The molecule has 0 atom stereocenters. The number of fused-ring (bicyclic) bond motifs is 3. The Bertz CT molecular complexity index is 1250. The van der Waals surface area contributed by atoms with Crippen molar-refractivity contribution in [1.29, 1.82) is 0 Å². The number of aromatic amines is 1. The molecule has 0 spiro atoms. The molecule has 9 heteroatoms. The molecule has 0 bridgehead atoms. The first-order valence-corrected chi connectivity index (χ1v) is 12.5. The van der Waals surface area contributed by atoms with Crippen molar-refractivity contribution in [3.8, 4) is 0 Å². The molecule has 0 aliphatic carbocycles. The number of hydrogen-bond donors (Lipinski definition) is 1. The van der Waals surface area contributed by atoms with E-state index in [9.17, 15) is 14.2 Å². The van der Waals surface area contributed by atoms with Gasteiger partial charge in [0.15, 0.2) is 0 Å². The molecule has 166 valence electrons. The van der Waals surface area contributed by atoms with E-state index in [1.54, 1.807) is 13.8 Å². The second kappa shape index (κ2) is 8.99. The van der Waals surface area contributed by atoms with Crippen LogP contribution < -0.4 is 16.0 Å². The minimum atomic E-state index is -3.60. The topological polar surface area (TPSA) is 93.6 Å². The SMILES string of the molecule is CCOP(=O)(Cn1c(=O)c(=O)[nH]c2c3ccccc3c(N3CCCCC3)cc21)OCC. The van der Waals surface area contributed by atoms with Crippen molar-refractivity contribution >= 4 is 35.1 Å².